The van der Waals surface area contributed by atoms with E-state index < -0.39 is 12.4 Å². The molecule has 0 saturated carbocycles. The van der Waals surface area contributed by atoms with Crippen LogP contribution in [0.1, 0.15) is 23.0 Å². The first-order chi connectivity index (χ1) is 10.1. The Kier molecular flexibility index (Phi) is 4.52. The van der Waals surface area contributed by atoms with E-state index in [1.807, 2.05) is 6.92 Å². The number of carbonyl (C=O) groups is 1. The van der Waals surface area contributed by atoms with Gasteiger partial charge < -0.3 is 9.47 Å². The largest absolute Gasteiger partial charge is 0.493 e. The van der Waals surface area contributed by atoms with Crippen molar-refractivity contribution in [2.75, 3.05) is 7.11 Å². The molecule has 0 amide bonds. The number of halogens is 2. The molecular formula is C14H14F2N2O3. The predicted molar refractivity (Wildman–Crippen MR) is 71.0 cm³/mol. The third-order valence-corrected chi connectivity index (χ3v) is 2.89. The van der Waals surface area contributed by atoms with E-state index in [1.165, 1.54) is 36.2 Å². The Morgan fingerprint density at radius 1 is 1.33 bits per heavy atom. The van der Waals surface area contributed by atoms with E-state index in [-0.39, 0.29) is 22.8 Å². The summed E-state index contributed by atoms with van der Waals surface area (Å²) in [5.74, 6) is -0.375. The Hall–Kier alpha value is -2.44. The molecule has 0 radical (unpaired) electrons. The van der Waals surface area contributed by atoms with Gasteiger partial charge in [-0.3, -0.25) is 9.48 Å². The van der Waals surface area contributed by atoms with Crippen molar-refractivity contribution in [1.82, 2.24) is 9.78 Å². The second-order valence-electron chi connectivity index (χ2n) is 4.08. The molecule has 0 unspecified atom stereocenters. The number of rotatable bonds is 6. The number of carbonyl (C=O) groups excluding carboxylic acids is 1. The highest BCUT2D eigenvalue weighted by molar-refractivity contribution is 6.11. The van der Waals surface area contributed by atoms with Gasteiger partial charge in [0, 0.05) is 6.54 Å². The number of para-hydroxylation sites is 1. The summed E-state index contributed by atoms with van der Waals surface area (Å²) in [6, 6.07) is 5.83. The highest BCUT2D eigenvalue weighted by Gasteiger charge is 2.24. The molecule has 0 bridgehead atoms. The van der Waals surface area contributed by atoms with Gasteiger partial charge in [0.25, 0.3) is 0 Å². The first kappa shape index (κ1) is 15.0. The van der Waals surface area contributed by atoms with Crippen LogP contribution in [-0.2, 0) is 6.54 Å². The number of aryl methyl sites for hydroxylation is 1. The van der Waals surface area contributed by atoms with Crippen LogP contribution in [0.25, 0.3) is 0 Å². The molecule has 2 aromatic rings. The number of hydrogen-bond donors (Lipinski definition) is 0. The molecule has 2 rings (SSSR count). The Balaban J connectivity index is 2.48. The number of alkyl halides is 2. The lowest BCUT2D eigenvalue weighted by atomic mass is 10.1. The zero-order chi connectivity index (χ0) is 15.4. The molecule has 0 saturated heterocycles. The Labute approximate surface area is 120 Å². The molecule has 0 fully saturated rings. The molecule has 0 N–H and O–H groups in total. The van der Waals surface area contributed by atoms with Crippen LogP contribution in [0.15, 0.2) is 30.5 Å². The third kappa shape index (κ3) is 3.01. The highest BCUT2D eigenvalue weighted by Crippen LogP contribution is 2.27. The summed E-state index contributed by atoms with van der Waals surface area (Å²) in [4.78, 5) is 12.6. The summed E-state index contributed by atoms with van der Waals surface area (Å²) in [6.07, 6.45) is 1.41. The lowest BCUT2D eigenvalue weighted by Gasteiger charge is -2.11. The number of benzene rings is 1. The lowest BCUT2D eigenvalue weighted by molar-refractivity contribution is -0.0501. The minimum atomic E-state index is -3.00. The molecule has 5 nitrogen and oxygen atoms in total. The van der Waals surface area contributed by atoms with Gasteiger partial charge in [0.1, 0.15) is 5.75 Å². The Morgan fingerprint density at radius 2 is 2.05 bits per heavy atom. The molecule has 1 heterocycles. The molecule has 0 spiro atoms. The van der Waals surface area contributed by atoms with Gasteiger partial charge in [-0.15, -0.1) is 0 Å². The van der Waals surface area contributed by atoms with Gasteiger partial charge in [-0.25, -0.2) is 0 Å². The van der Waals surface area contributed by atoms with E-state index in [2.05, 4.69) is 9.84 Å². The number of hydrogen-bond acceptors (Lipinski definition) is 4. The normalized spacial score (nSPS) is 10.7. The van der Waals surface area contributed by atoms with Crippen LogP contribution in [0, 0.1) is 0 Å². The molecule has 0 aliphatic heterocycles. The summed E-state index contributed by atoms with van der Waals surface area (Å²) in [5, 5.41) is 4.02. The molecular weight excluding hydrogens is 282 g/mol. The first-order valence-electron chi connectivity index (χ1n) is 6.26. The second-order valence-corrected chi connectivity index (χ2v) is 4.08. The van der Waals surface area contributed by atoms with E-state index in [0.717, 1.165) is 0 Å². The van der Waals surface area contributed by atoms with Crippen LogP contribution in [0.5, 0.6) is 11.5 Å². The van der Waals surface area contributed by atoms with Gasteiger partial charge in [-0.2, -0.15) is 13.9 Å². The average molecular weight is 296 g/mol. The maximum Gasteiger partial charge on any atom is 0.387 e. The summed E-state index contributed by atoms with van der Waals surface area (Å²) in [5.41, 5.74) is 0.233. The second kappa shape index (κ2) is 6.34. The van der Waals surface area contributed by atoms with Gasteiger partial charge in [-0.05, 0) is 19.1 Å². The van der Waals surface area contributed by atoms with E-state index in [9.17, 15) is 13.6 Å². The minimum absolute atomic E-state index is 0.0336. The van der Waals surface area contributed by atoms with E-state index in [4.69, 9.17) is 4.74 Å². The molecule has 0 aliphatic carbocycles. The maximum absolute atomic E-state index is 12.6. The Morgan fingerprint density at radius 3 is 2.67 bits per heavy atom. The quantitative estimate of drug-likeness (QED) is 0.769. The molecule has 1 aromatic heterocycles. The predicted octanol–water partition coefficient (Wildman–Crippen LogP) is 2.74. The van der Waals surface area contributed by atoms with Crippen molar-refractivity contribution in [3.8, 4) is 11.5 Å². The first-order valence-corrected chi connectivity index (χ1v) is 6.26. The SMILES string of the molecule is CCn1ncc(OC)c1C(=O)c1ccccc1OC(F)F. The van der Waals surface area contributed by atoms with Crippen LogP contribution in [-0.4, -0.2) is 29.3 Å². The van der Waals surface area contributed by atoms with Crippen molar-refractivity contribution in [2.24, 2.45) is 0 Å². The minimum Gasteiger partial charge on any atom is -0.493 e. The monoisotopic (exact) mass is 296 g/mol. The van der Waals surface area contributed by atoms with Crippen molar-refractivity contribution in [3.63, 3.8) is 0 Å². The van der Waals surface area contributed by atoms with Crippen LogP contribution in [0.4, 0.5) is 8.78 Å². The van der Waals surface area contributed by atoms with Gasteiger partial charge >= 0.3 is 6.61 Å². The fraction of sp³-hybridized carbons (Fsp3) is 0.286. The fourth-order valence-corrected chi connectivity index (χ4v) is 1.97. The molecule has 112 valence electrons. The van der Waals surface area contributed by atoms with Crippen LogP contribution < -0.4 is 9.47 Å². The fourth-order valence-electron chi connectivity index (χ4n) is 1.97. The third-order valence-electron chi connectivity index (χ3n) is 2.89. The van der Waals surface area contributed by atoms with E-state index >= 15 is 0 Å². The van der Waals surface area contributed by atoms with Crippen LogP contribution in [0.2, 0.25) is 0 Å². The van der Waals surface area contributed by atoms with E-state index in [1.54, 1.807) is 6.07 Å². The van der Waals surface area contributed by atoms with Crippen molar-refractivity contribution in [1.29, 1.82) is 0 Å². The van der Waals surface area contributed by atoms with Crippen molar-refractivity contribution >= 4 is 5.78 Å². The number of ether oxygens (including phenoxy) is 2. The van der Waals surface area contributed by atoms with Gasteiger partial charge in [0.15, 0.2) is 11.4 Å². The summed E-state index contributed by atoms with van der Waals surface area (Å²) < 4.78 is 35.8. The van der Waals surface area contributed by atoms with Gasteiger partial charge in [-0.1, -0.05) is 12.1 Å². The molecule has 1 aromatic carbocycles. The van der Waals surface area contributed by atoms with Crippen LogP contribution in [0.3, 0.4) is 0 Å². The Bertz CT molecular complexity index is 619. The molecule has 0 atom stereocenters. The summed E-state index contributed by atoms with van der Waals surface area (Å²) in [7, 11) is 1.41. The van der Waals surface area contributed by atoms with Gasteiger partial charge in [0.2, 0.25) is 5.78 Å². The van der Waals surface area contributed by atoms with Crippen molar-refractivity contribution in [3.05, 3.63) is 41.7 Å². The van der Waals surface area contributed by atoms with Crippen LogP contribution >= 0.6 is 0 Å². The molecule has 21 heavy (non-hydrogen) atoms. The highest BCUT2D eigenvalue weighted by atomic mass is 19.3. The zero-order valence-corrected chi connectivity index (χ0v) is 11.5. The number of ketones is 1. The number of nitrogens with zero attached hydrogens (tertiary/aromatic N) is 2. The topological polar surface area (TPSA) is 53.4 Å². The average Bonchev–Trinajstić information content (AvgIpc) is 2.89. The molecule has 7 heteroatoms. The van der Waals surface area contributed by atoms with Crippen molar-refractivity contribution in [2.45, 2.75) is 20.1 Å². The lowest BCUT2D eigenvalue weighted by Crippen LogP contribution is -2.14. The summed E-state index contributed by atoms with van der Waals surface area (Å²) in [6.45, 7) is -0.746. The standard InChI is InChI=1S/C14H14F2N2O3/c1-3-18-12(11(20-2)8-17-18)13(19)9-6-4-5-7-10(9)21-14(15)16/h4-8,14H,3H2,1-2H3. The zero-order valence-electron chi connectivity index (χ0n) is 11.5. The van der Waals surface area contributed by atoms with E-state index in [0.29, 0.717) is 6.54 Å². The maximum atomic E-state index is 12.6. The van der Waals surface area contributed by atoms with Crippen molar-refractivity contribution < 1.29 is 23.0 Å². The molecule has 0 aliphatic rings. The summed E-state index contributed by atoms with van der Waals surface area (Å²) >= 11 is 0. The van der Waals surface area contributed by atoms with Gasteiger partial charge in [0.05, 0.1) is 18.9 Å². The number of methoxy groups -OCH3 is 1. The smallest absolute Gasteiger partial charge is 0.387 e. The number of aromatic nitrogens is 2.